The van der Waals surface area contributed by atoms with Gasteiger partial charge in [0.2, 0.25) is 0 Å². The Kier molecular flexibility index (Phi) is 2.84. The van der Waals surface area contributed by atoms with E-state index in [4.69, 9.17) is 11.6 Å². The highest BCUT2D eigenvalue weighted by Gasteiger charge is 2.04. The molecule has 2 N–H and O–H groups in total. The van der Waals surface area contributed by atoms with Gasteiger partial charge in [-0.1, -0.05) is 17.7 Å². The fraction of sp³-hybridized carbons (Fsp3) is 0.333. The summed E-state index contributed by atoms with van der Waals surface area (Å²) in [5.41, 5.74) is 4.05. The van der Waals surface area contributed by atoms with Crippen LogP contribution < -0.4 is 10.7 Å². The lowest BCUT2D eigenvalue weighted by Gasteiger charge is -2.15. The lowest BCUT2D eigenvalue weighted by molar-refractivity contribution is 0.658. The zero-order valence-corrected chi connectivity index (χ0v) is 8.38. The normalized spacial score (nSPS) is 15.4. The second-order valence-electron chi connectivity index (χ2n) is 3.06. The molecule has 2 rings (SSSR count). The molecule has 0 bridgehead atoms. The van der Waals surface area contributed by atoms with Crippen molar-refractivity contribution in [3.63, 3.8) is 0 Å². The first-order valence-electron chi connectivity index (χ1n) is 4.48. The average molecular weight is 211 g/mol. The van der Waals surface area contributed by atoms with Gasteiger partial charge < -0.3 is 10.7 Å². The van der Waals surface area contributed by atoms with E-state index in [0.717, 1.165) is 30.9 Å². The standard InChI is InChI=1S/C9H11ClN4/c10-8-2-1-7(6-12-8)5-9-11-3-4-13-14-9/h1-2,6,13H,3-5H2,(H,11,14). The van der Waals surface area contributed by atoms with E-state index in [1.54, 1.807) is 12.3 Å². The molecule has 0 aromatic carbocycles. The molecule has 14 heavy (non-hydrogen) atoms. The second-order valence-corrected chi connectivity index (χ2v) is 3.45. The maximum absolute atomic E-state index is 5.69. The molecule has 4 nitrogen and oxygen atoms in total. The summed E-state index contributed by atoms with van der Waals surface area (Å²) in [6.45, 7) is 1.79. The zero-order valence-electron chi connectivity index (χ0n) is 7.63. The van der Waals surface area contributed by atoms with Gasteiger partial charge in [0.15, 0.2) is 0 Å². The summed E-state index contributed by atoms with van der Waals surface area (Å²) in [6.07, 6.45) is 2.53. The Labute approximate surface area is 87.4 Å². The molecule has 0 saturated heterocycles. The average Bonchev–Trinajstić information content (AvgIpc) is 2.23. The summed E-state index contributed by atoms with van der Waals surface area (Å²) < 4.78 is 0. The number of nitrogens with one attached hydrogen (secondary N) is 2. The molecular formula is C9H11ClN4. The van der Waals surface area contributed by atoms with Gasteiger partial charge >= 0.3 is 0 Å². The molecule has 74 valence electrons. The van der Waals surface area contributed by atoms with Crippen LogP contribution in [0.5, 0.6) is 0 Å². The predicted molar refractivity (Wildman–Crippen MR) is 56.4 cm³/mol. The molecule has 0 atom stereocenters. The van der Waals surface area contributed by atoms with Gasteiger partial charge in [-0.05, 0) is 11.6 Å². The third kappa shape index (κ3) is 2.35. The highest BCUT2D eigenvalue weighted by molar-refractivity contribution is 6.29. The van der Waals surface area contributed by atoms with E-state index >= 15 is 0 Å². The first-order chi connectivity index (χ1) is 6.84. The Morgan fingerprint density at radius 2 is 2.29 bits per heavy atom. The number of hydrogen-bond donors (Lipinski definition) is 2. The van der Waals surface area contributed by atoms with Crippen LogP contribution in [-0.2, 0) is 6.42 Å². The first kappa shape index (κ1) is 9.27. The Balaban J connectivity index is 2.03. The van der Waals surface area contributed by atoms with E-state index < -0.39 is 0 Å². The van der Waals surface area contributed by atoms with E-state index in [2.05, 4.69) is 20.8 Å². The molecule has 1 aromatic rings. The van der Waals surface area contributed by atoms with Crippen LogP contribution in [0, 0.1) is 0 Å². The Morgan fingerprint density at radius 1 is 1.36 bits per heavy atom. The first-order valence-corrected chi connectivity index (χ1v) is 4.86. The molecule has 0 unspecified atom stereocenters. The third-order valence-electron chi connectivity index (χ3n) is 1.94. The summed E-state index contributed by atoms with van der Waals surface area (Å²) in [7, 11) is 0. The van der Waals surface area contributed by atoms with Gasteiger partial charge in [0, 0.05) is 19.2 Å². The number of nitrogens with zero attached hydrogens (tertiary/aromatic N) is 2. The van der Waals surface area contributed by atoms with Gasteiger partial charge in [-0.15, -0.1) is 0 Å². The molecule has 0 amide bonds. The molecule has 0 radical (unpaired) electrons. The number of amidine groups is 1. The van der Waals surface area contributed by atoms with Gasteiger partial charge in [-0.25, -0.2) is 4.98 Å². The van der Waals surface area contributed by atoms with Crippen molar-refractivity contribution in [1.82, 2.24) is 15.7 Å². The van der Waals surface area contributed by atoms with Crippen LogP contribution in [0.25, 0.3) is 0 Å². The van der Waals surface area contributed by atoms with Crippen molar-refractivity contribution in [2.45, 2.75) is 6.42 Å². The predicted octanol–water partition coefficient (Wildman–Crippen LogP) is 0.784. The van der Waals surface area contributed by atoms with E-state index in [9.17, 15) is 0 Å². The van der Waals surface area contributed by atoms with Crippen LogP contribution in [0.3, 0.4) is 0 Å². The van der Waals surface area contributed by atoms with Crippen LogP contribution in [-0.4, -0.2) is 23.9 Å². The fourth-order valence-electron chi connectivity index (χ4n) is 1.26. The molecular weight excluding hydrogens is 200 g/mol. The number of aromatic nitrogens is 1. The van der Waals surface area contributed by atoms with Crippen LogP contribution in [0.1, 0.15) is 5.56 Å². The molecule has 2 heterocycles. The largest absolute Gasteiger partial charge is 0.370 e. The summed E-state index contributed by atoms with van der Waals surface area (Å²) in [4.78, 5) is 4.01. The third-order valence-corrected chi connectivity index (χ3v) is 2.16. The Hall–Kier alpha value is -1.29. The van der Waals surface area contributed by atoms with Crippen molar-refractivity contribution < 1.29 is 0 Å². The lowest BCUT2D eigenvalue weighted by atomic mass is 10.2. The van der Waals surface area contributed by atoms with Crippen molar-refractivity contribution in [2.24, 2.45) is 5.10 Å². The van der Waals surface area contributed by atoms with E-state index in [1.807, 2.05) is 6.07 Å². The van der Waals surface area contributed by atoms with Gasteiger partial charge in [-0.3, -0.25) is 0 Å². The number of pyridine rings is 1. The number of halogens is 1. The highest BCUT2D eigenvalue weighted by atomic mass is 35.5. The molecule has 1 aromatic heterocycles. The van der Waals surface area contributed by atoms with Crippen molar-refractivity contribution in [3.05, 3.63) is 29.0 Å². The van der Waals surface area contributed by atoms with E-state index in [-0.39, 0.29) is 0 Å². The molecule has 1 aliphatic rings. The maximum atomic E-state index is 5.69. The van der Waals surface area contributed by atoms with Crippen LogP contribution >= 0.6 is 11.6 Å². The minimum absolute atomic E-state index is 0.519. The van der Waals surface area contributed by atoms with Gasteiger partial charge in [0.25, 0.3) is 0 Å². The molecule has 0 aliphatic carbocycles. The molecule has 0 saturated carbocycles. The summed E-state index contributed by atoms with van der Waals surface area (Å²) in [6, 6.07) is 3.74. The van der Waals surface area contributed by atoms with Gasteiger partial charge in [0.05, 0.1) is 6.54 Å². The Morgan fingerprint density at radius 3 is 2.93 bits per heavy atom. The van der Waals surface area contributed by atoms with Crippen molar-refractivity contribution in [2.75, 3.05) is 13.1 Å². The minimum Gasteiger partial charge on any atom is -0.370 e. The van der Waals surface area contributed by atoms with Crippen LogP contribution in [0.2, 0.25) is 5.15 Å². The fourth-order valence-corrected chi connectivity index (χ4v) is 1.37. The lowest BCUT2D eigenvalue weighted by Crippen LogP contribution is -2.38. The molecule has 5 heteroatoms. The minimum atomic E-state index is 0.519. The van der Waals surface area contributed by atoms with E-state index in [1.165, 1.54) is 0 Å². The van der Waals surface area contributed by atoms with Crippen molar-refractivity contribution in [1.29, 1.82) is 0 Å². The number of hydrazone groups is 1. The van der Waals surface area contributed by atoms with Crippen LogP contribution in [0.4, 0.5) is 0 Å². The van der Waals surface area contributed by atoms with Gasteiger partial charge in [0.1, 0.15) is 11.0 Å². The molecule has 1 aliphatic heterocycles. The second kappa shape index (κ2) is 4.28. The number of hydrogen-bond acceptors (Lipinski definition) is 4. The van der Waals surface area contributed by atoms with Crippen molar-refractivity contribution >= 4 is 17.4 Å². The molecule has 0 spiro atoms. The quantitative estimate of drug-likeness (QED) is 0.710. The smallest absolute Gasteiger partial charge is 0.129 e. The molecule has 0 fully saturated rings. The topological polar surface area (TPSA) is 49.3 Å². The van der Waals surface area contributed by atoms with Crippen LogP contribution in [0.15, 0.2) is 23.4 Å². The summed E-state index contributed by atoms with van der Waals surface area (Å²) in [5, 5.41) is 7.87. The zero-order chi connectivity index (χ0) is 9.80. The summed E-state index contributed by atoms with van der Waals surface area (Å²) in [5.74, 6) is 0.945. The van der Waals surface area contributed by atoms with Crippen molar-refractivity contribution in [3.8, 4) is 0 Å². The monoisotopic (exact) mass is 210 g/mol. The summed E-state index contributed by atoms with van der Waals surface area (Å²) >= 11 is 5.69. The van der Waals surface area contributed by atoms with E-state index in [0.29, 0.717) is 5.15 Å². The van der Waals surface area contributed by atoms with Gasteiger partial charge in [-0.2, -0.15) is 5.10 Å². The number of rotatable bonds is 2. The highest BCUT2D eigenvalue weighted by Crippen LogP contribution is 2.06. The maximum Gasteiger partial charge on any atom is 0.129 e. The Bertz CT molecular complexity index is 333. The SMILES string of the molecule is Clc1ccc(CC2=NNCCN2)cn1.